The Balaban J connectivity index is 2.38. The highest BCUT2D eigenvalue weighted by Gasteiger charge is 2.43. The fourth-order valence-corrected chi connectivity index (χ4v) is 2.26. The van der Waals surface area contributed by atoms with E-state index >= 15 is 0 Å². The Bertz CT molecular complexity index is 295. The summed E-state index contributed by atoms with van der Waals surface area (Å²) in [5, 5.41) is 0. The van der Waals surface area contributed by atoms with Crippen LogP contribution in [0.4, 0.5) is 8.78 Å². The van der Waals surface area contributed by atoms with Gasteiger partial charge in [-0.15, -0.1) is 0 Å². The van der Waals surface area contributed by atoms with Crippen molar-refractivity contribution in [3.05, 3.63) is 0 Å². The highest BCUT2D eigenvalue weighted by atomic mass is 19.3. The van der Waals surface area contributed by atoms with Crippen LogP contribution in [-0.2, 0) is 4.79 Å². The van der Waals surface area contributed by atoms with Gasteiger partial charge in [0, 0.05) is 38.4 Å². The van der Waals surface area contributed by atoms with Gasteiger partial charge in [0.05, 0.1) is 0 Å². The number of hydrogen-bond acceptors (Lipinski definition) is 2. The molecule has 0 aromatic rings. The van der Waals surface area contributed by atoms with Crippen LogP contribution in [0.2, 0.25) is 0 Å². The second-order valence-corrected chi connectivity index (χ2v) is 5.75. The molecule has 2 unspecified atom stereocenters. The molecule has 1 aliphatic carbocycles. The number of amides is 1. The first kappa shape index (κ1) is 15.3. The number of hydrogen-bond donors (Lipinski definition) is 1. The van der Waals surface area contributed by atoms with Crippen molar-refractivity contribution >= 4 is 5.91 Å². The molecule has 0 saturated heterocycles. The Kier molecular flexibility index (Phi) is 5.08. The van der Waals surface area contributed by atoms with E-state index in [4.69, 9.17) is 5.73 Å². The maximum Gasteiger partial charge on any atom is 0.248 e. The summed E-state index contributed by atoms with van der Waals surface area (Å²) in [6.07, 6.45) is 0.546. The lowest BCUT2D eigenvalue weighted by Crippen LogP contribution is -2.37. The molecule has 1 amide bonds. The van der Waals surface area contributed by atoms with Crippen LogP contribution in [-0.4, -0.2) is 36.4 Å². The van der Waals surface area contributed by atoms with E-state index in [1.54, 1.807) is 11.9 Å². The van der Waals surface area contributed by atoms with Gasteiger partial charge in [0.1, 0.15) is 0 Å². The lowest BCUT2D eigenvalue weighted by atomic mass is 10.0. The number of carbonyl (C=O) groups excluding carboxylic acids is 1. The monoisotopic (exact) mass is 262 g/mol. The van der Waals surface area contributed by atoms with Gasteiger partial charge in [0.15, 0.2) is 0 Å². The van der Waals surface area contributed by atoms with Gasteiger partial charge in [-0.25, -0.2) is 8.78 Å². The molecule has 0 bridgehead atoms. The summed E-state index contributed by atoms with van der Waals surface area (Å²) < 4.78 is 26.1. The molecule has 0 aromatic carbocycles. The number of nitrogens with two attached hydrogens (primary N) is 1. The predicted molar refractivity (Wildman–Crippen MR) is 67.4 cm³/mol. The maximum atomic E-state index is 13.0. The zero-order chi connectivity index (χ0) is 13.9. The first-order valence-corrected chi connectivity index (χ1v) is 6.61. The molecule has 1 aliphatic rings. The number of nitrogens with zero attached hydrogens (tertiary/aromatic N) is 1. The van der Waals surface area contributed by atoms with Gasteiger partial charge < -0.3 is 10.6 Å². The van der Waals surface area contributed by atoms with Crippen LogP contribution in [0.5, 0.6) is 0 Å². The highest BCUT2D eigenvalue weighted by Crippen LogP contribution is 2.39. The van der Waals surface area contributed by atoms with Crippen LogP contribution < -0.4 is 5.73 Å². The van der Waals surface area contributed by atoms with Crippen molar-refractivity contribution in [1.29, 1.82) is 0 Å². The van der Waals surface area contributed by atoms with Gasteiger partial charge in [0.2, 0.25) is 11.8 Å². The van der Waals surface area contributed by atoms with Gasteiger partial charge in [-0.05, 0) is 18.8 Å². The molecule has 1 rings (SSSR count). The molecule has 5 heteroatoms. The summed E-state index contributed by atoms with van der Waals surface area (Å²) in [7, 11) is 1.67. The average Bonchev–Trinajstić information content (AvgIpc) is 2.64. The summed E-state index contributed by atoms with van der Waals surface area (Å²) in [6.45, 7) is 4.61. The van der Waals surface area contributed by atoms with Crippen molar-refractivity contribution in [3.8, 4) is 0 Å². The molecule has 0 aliphatic heterocycles. The van der Waals surface area contributed by atoms with Gasteiger partial charge >= 0.3 is 0 Å². The van der Waals surface area contributed by atoms with Gasteiger partial charge in [-0.2, -0.15) is 0 Å². The summed E-state index contributed by atoms with van der Waals surface area (Å²) in [5.41, 5.74) is 5.90. The molecule has 0 aromatic heterocycles. The third kappa shape index (κ3) is 4.19. The largest absolute Gasteiger partial charge is 0.345 e. The molecule has 2 atom stereocenters. The molecule has 0 heterocycles. The molecule has 2 N–H and O–H groups in total. The Morgan fingerprint density at radius 1 is 1.50 bits per heavy atom. The van der Waals surface area contributed by atoms with E-state index in [1.807, 2.05) is 13.8 Å². The van der Waals surface area contributed by atoms with E-state index in [0.717, 1.165) is 0 Å². The number of alkyl halides is 2. The minimum atomic E-state index is -2.66. The molecule has 1 saturated carbocycles. The Morgan fingerprint density at radius 3 is 2.56 bits per heavy atom. The fraction of sp³-hybridized carbons (Fsp3) is 0.923. The third-order valence-electron chi connectivity index (χ3n) is 3.78. The quantitative estimate of drug-likeness (QED) is 0.826. The van der Waals surface area contributed by atoms with Crippen LogP contribution in [0, 0.1) is 11.8 Å². The summed E-state index contributed by atoms with van der Waals surface area (Å²) in [6, 6.07) is 0.0465. The topological polar surface area (TPSA) is 46.3 Å². The van der Waals surface area contributed by atoms with Gasteiger partial charge in [-0.3, -0.25) is 4.79 Å². The second kappa shape index (κ2) is 5.95. The smallest absolute Gasteiger partial charge is 0.248 e. The van der Waals surface area contributed by atoms with Crippen LogP contribution in [0.25, 0.3) is 0 Å². The van der Waals surface area contributed by atoms with Crippen molar-refractivity contribution < 1.29 is 13.6 Å². The number of carbonyl (C=O) groups is 1. The Morgan fingerprint density at radius 2 is 2.11 bits per heavy atom. The molecular formula is C13H24F2N2O. The minimum Gasteiger partial charge on any atom is -0.345 e. The lowest BCUT2D eigenvalue weighted by Gasteiger charge is -2.24. The second-order valence-electron chi connectivity index (χ2n) is 5.75. The molecular weight excluding hydrogens is 238 g/mol. The normalized spacial score (nSPS) is 24.3. The number of halogens is 2. The highest BCUT2D eigenvalue weighted by molar-refractivity contribution is 5.79. The van der Waals surface area contributed by atoms with Crippen molar-refractivity contribution in [2.75, 3.05) is 13.6 Å². The Hall–Kier alpha value is -0.710. The van der Waals surface area contributed by atoms with Gasteiger partial charge in [-0.1, -0.05) is 13.8 Å². The van der Waals surface area contributed by atoms with Crippen LogP contribution in [0.15, 0.2) is 0 Å². The summed E-state index contributed by atoms with van der Waals surface area (Å²) >= 11 is 0. The first-order valence-electron chi connectivity index (χ1n) is 6.61. The van der Waals surface area contributed by atoms with Crippen molar-refractivity contribution in [2.24, 2.45) is 17.6 Å². The third-order valence-corrected chi connectivity index (χ3v) is 3.78. The number of rotatable bonds is 5. The predicted octanol–water partition coefficient (Wildman–Crippen LogP) is 2.25. The standard InChI is InChI=1S/C13H24F2N2O/c1-9(2)11(16)5-7-17(3)12(18)10-4-6-13(14,15)8-10/h9-11H,4-8,16H2,1-3H3. The molecule has 3 nitrogen and oxygen atoms in total. The fourth-order valence-electron chi connectivity index (χ4n) is 2.26. The lowest BCUT2D eigenvalue weighted by molar-refractivity contribution is -0.135. The average molecular weight is 262 g/mol. The van der Waals surface area contributed by atoms with Crippen molar-refractivity contribution in [2.45, 2.75) is 51.5 Å². The zero-order valence-corrected chi connectivity index (χ0v) is 11.5. The van der Waals surface area contributed by atoms with E-state index in [9.17, 15) is 13.6 Å². The van der Waals surface area contributed by atoms with Crippen molar-refractivity contribution in [3.63, 3.8) is 0 Å². The van der Waals surface area contributed by atoms with E-state index in [1.165, 1.54) is 0 Å². The van der Waals surface area contributed by atoms with Crippen molar-refractivity contribution in [1.82, 2.24) is 4.90 Å². The maximum absolute atomic E-state index is 13.0. The Labute approximate surface area is 108 Å². The van der Waals surface area contributed by atoms with Crippen LogP contribution >= 0.6 is 0 Å². The van der Waals surface area contributed by atoms with Gasteiger partial charge in [0.25, 0.3) is 0 Å². The van der Waals surface area contributed by atoms with E-state index in [0.29, 0.717) is 25.3 Å². The molecule has 18 heavy (non-hydrogen) atoms. The molecule has 1 fully saturated rings. The van der Waals surface area contributed by atoms with Crippen LogP contribution in [0.3, 0.4) is 0 Å². The first-order chi connectivity index (χ1) is 8.23. The van der Waals surface area contributed by atoms with E-state index in [-0.39, 0.29) is 24.8 Å². The molecule has 106 valence electrons. The molecule has 0 radical (unpaired) electrons. The zero-order valence-electron chi connectivity index (χ0n) is 11.5. The SMILES string of the molecule is CC(C)C(N)CCN(C)C(=O)C1CCC(F)(F)C1. The summed E-state index contributed by atoms with van der Waals surface area (Å²) in [4.78, 5) is 13.5. The molecule has 0 spiro atoms. The summed E-state index contributed by atoms with van der Waals surface area (Å²) in [5.74, 6) is -2.97. The minimum absolute atomic E-state index is 0.0465. The van der Waals surface area contributed by atoms with E-state index in [2.05, 4.69) is 0 Å². The van der Waals surface area contributed by atoms with E-state index < -0.39 is 11.8 Å². The van der Waals surface area contributed by atoms with Crippen LogP contribution in [0.1, 0.15) is 39.5 Å².